The summed E-state index contributed by atoms with van der Waals surface area (Å²) < 4.78 is 0. The van der Waals surface area contributed by atoms with Gasteiger partial charge in [0, 0.05) is 0 Å². The van der Waals surface area contributed by atoms with Crippen molar-refractivity contribution in [2.24, 2.45) is 0 Å². The predicted octanol–water partition coefficient (Wildman–Crippen LogP) is 5.63. The molecule has 4 heteroatoms. The Balaban J connectivity index is 1.81. The Morgan fingerprint density at radius 3 is 1.41 bits per heavy atom. The predicted molar refractivity (Wildman–Crippen MR) is 141 cm³/mol. The molecule has 1 fully saturated rings. The van der Waals surface area contributed by atoms with Crippen LogP contribution in [-0.2, 0) is 4.79 Å². The molecule has 1 heterocycles. The molecule has 4 aromatic rings. The number of nitrogens with zero attached hydrogens (tertiary/aromatic N) is 1. The molecule has 1 amide bonds. The average Bonchev–Trinajstić information content (AvgIpc) is 3.28. The summed E-state index contributed by atoms with van der Waals surface area (Å²) in [6.45, 7) is 0.712. The van der Waals surface area contributed by atoms with Gasteiger partial charge in [0.1, 0.15) is 0 Å². The van der Waals surface area contributed by atoms with E-state index in [9.17, 15) is 4.79 Å². The van der Waals surface area contributed by atoms with Crippen molar-refractivity contribution < 1.29 is 4.79 Å². The van der Waals surface area contributed by atoms with Gasteiger partial charge < -0.3 is 0 Å². The normalized spacial score (nSPS) is 17.7. The third-order valence-electron chi connectivity index (χ3n) is 6.61. The number of benzene rings is 4. The van der Waals surface area contributed by atoms with Crippen LogP contribution in [0.25, 0.3) is 0 Å². The van der Waals surface area contributed by atoms with Crippen molar-refractivity contribution in [2.75, 3.05) is 11.4 Å². The Morgan fingerprint density at radius 2 is 1.00 bits per heavy atom. The number of anilines is 1. The van der Waals surface area contributed by atoms with Crippen LogP contribution >= 0.6 is 20.8 Å². The van der Waals surface area contributed by atoms with E-state index in [0.717, 1.165) is 12.1 Å². The van der Waals surface area contributed by atoms with E-state index in [4.69, 9.17) is 0 Å². The zero-order valence-electron chi connectivity index (χ0n) is 17.7. The van der Waals surface area contributed by atoms with Crippen LogP contribution in [0.2, 0.25) is 0 Å². The van der Waals surface area contributed by atoms with Crippen LogP contribution in [-0.4, -0.2) is 18.1 Å². The second-order valence-corrected chi connectivity index (χ2v) is 17.0. The van der Waals surface area contributed by atoms with E-state index in [-0.39, 0.29) is 11.6 Å². The quantitative estimate of drug-likeness (QED) is 0.324. The average molecular weight is 502 g/mol. The number of rotatable bonds is 5. The minimum absolute atomic E-state index is 0.183. The van der Waals surface area contributed by atoms with Gasteiger partial charge in [-0.25, -0.2) is 0 Å². The molecule has 5 rings (SSSR count). The number of carbonyl (C=O) groups excluding carboxylic acids is 1. The Bertz CT molecular complexity index is 1120. The van der Waals surface area contributed by atoms with Gasteiger partial charge in [-0.2, -0.15) is 0 Å². The van der Waals surface area contributed by atoms with E-state index in [2.05, 4.69) is 88.3 Å². The van der Waals surface area contributed by atoms with Crippen LogP contribution in [0.5, 0.6) is 0 Å². The summed E-state index contributed by atoms with van der Waals surface area (Å²) in [4.78, 5) is 16.2. The van der Waals surface area contributed by atoms with Crippen molar-refractivity contribution in [3.8, 4) is 0 Å². The number of hydrogen-bond acceptors (Lipinski definition) is 1. The summed E-state index contributed by atoms with van der Waals surface area (Å²) in [6.07, 6.45) is 0.787. The number of carbonyl (C=O) groups is 1. The molecule has 0 radical (unpaired) electrons. The Labute approximate surface area is 197 Å². The number of halogens is 1. The molecule has 4 aromatic carbocycles. The van der Waals surface area contributed by atoms with Crippen LogP contribution in [0.1, 0.15) is 6.42 Å². The fraction of sp³-hybridized carbons (Fsp3) is 0.107. The fourth-order valence-corrected chi connectivity index (χ4v) is 13.8. The molecule has 1 aliphatic heterocycles. The zero-order valence-corrected chi connectivity index (χ0v) is 20.2. The van der Waals surface area contributed by atoms with Crippen LogP contribution in [0, 0.1) is 0 Å². The second kappa shape index (κ2) is 8.31. The van der Waals surface area contributed by atoms with Crippen molar-refractivity contribution >= 4 is 48.3 Å². The monoisotopic (exact) mass is 501 g/mol. The number of hydrogen-bond donors (Lipinski definition) is 0. The number of para-hydroxylation sites is 1. The van der Waals surface area contributed by atoms with Gasteiger partial charge in [0.05, 0.1) is 0 Å². The zero-order chi connectivity index (χ0) is 22.0. The van der Waals surface area contributed by atoms with Gasteiger partial charge in [-0.05, 0) is 0 Å². The van der Waals surface area contributed by atoms with E-state index in [1.165, 1.54) is 15.9 Å². The molecule has 0 spiro atoms. The van der Waals surface area contributed by atoms with E-state index in [0.29, 0.717) is 6.54 Å². The van der Waals surface area contributed by atoms with Crippen molar-refractivity contribution in [2.45, 2.75) is 12.1 Å². The van der Waals surface area contributed by atoms with Crippen LogP contribution in [0.15, 0.2) is 121 Å². The standard InChI is InChI=1S/C28H25BrNOP/c29-32(24-15-7-2-8-16-24,25-17-9-3-10-18-25,26-19-11-4-12-20-26)27-21-22-30(28(27)31)23-13-5-1-6-14-23/h1-20,27H,21-22H2. The van der Waals surface area contributed by atoms with Crippen molar-refractivity contribution in [3.05, 3.63) is 121 Å². The molecular formula is C28H25BrNOP. The first-order valence-corrected chi connectivity index (χ1v) is 15.2. The Hall–Kier alpha value is -2.74. The van der Waals surface area contributed by atoms with Gasteiger partial charge >= 0.3 is 198 Å². The molecule has 0 saturated carbocycles. The van der Waals surface area contributed by atoms with E-state index in [1.807, 2.05) is 53.4 Å². The summed E-state index contributed by atoms with van der Waals surface area (Å²) in [5, 5.41) is 0.221. The van der Waals surface area contributed by atoms with E-state index < -0.39 is 5.31 Å². The minimum atomic E-state index is -3.33. The van der Waals surface area contributed by atoms with Crippen LogP contribution < -0.4 is 20.8 Å². The first kappa shape index (κ1) is 21.1. The van der Waals surface area contributed by atoms with Crippen LogP contribution in [0.3, 0.4) is 0 Å². The summed E-state index contributed by atoms with van der Waals surface area (Å²) in [7, 11) is 0. The van der Waals surface area contributed by atoms with E-state index >= 15 is 0 Å². The summed E-state index contributed by atoms with van der Waals surface area (Å²) >= 11 is 4.47. The van der Waals surface area contributed by atoms with Gasteiger partial charge in [0.2, 0.25) is 0 Å². The van der Waals surface area contributed by atoms with Gasteiger partial charge in [-0.3, -0.25) is 0 Å². The summed E-state index contributed by atoms with van der Waals surface area (Å²) in [5.41, 5.74) is 0.764. The van der Waals surface area contributed by atoms with Gasteiger partial charge in [-0.1, -0.05) is 0 Å². The summed E-state index contributed by atoms with van der Waals surface area (Å²) in [6, 6.07) is 41.8. The van der Waals surface area contributed by atoms with E-state index in [1.54, 1.807) is 0 Å². The molecule has 160 valence electrons. The Morgan fingerprint density at radius 1 is 0.625 bits per heavy atom. The first-order valence-electron chi connectivity index (χ1n) is 10.9. The molecule has 32 heavy (non-hydrogen) atoms. The second-order valence-electron chi connectivity index (χ2n) is 8.21. The maximum absolute atomic E-state index is 14.2. The first-order chi connectivity index (χ1) is 15.6. The van der Waals surface area contributed by atoms with Gasteiger partial charge in [0.15, 0.2) is 0 Å². The topological polar surface area (TPSA) is 20.3 Å². The molecule has 1 atom stereocenters. The fourth-order valence-electron chi connectivity index (χ4n) is 5.12. The molecule has 0 aliphatic carbocycles. The Kier molecular flexibility index (Phi) is 5.49. The maximum atomic E-state index is 14.2. The third kappa shape index (κ3) is 3.07. The van der Waals surface area contributed by atoms with Crippen molar-refractivity contribution in [1.29, 1.82) is 0 Å². The molecule has 1 unspecified atom stereocenters. The molecule has 0 bridgehead atoms. The van der Waals surface area contributed by atoms with Gasteiger partial charge in [0.25, 0.3) is 0 Å². The summed E-state index contributed by atoms with van der Waals surface area (Å²) in [5.74, 6) is 0.183. The molecule has 0 N–H and O–H groups in total. The molecule has 0 aromatic heterocycles. The van der Waals surface area contributed by atoms with Crippen molar-refractivity contribution in [1.82, 2.24) is 0 Å². The molecular weight excluding hydrogens is 477 g/mol. The van der Waals surface area contributed by atoms with Gasteiger partial charge in [-0.15, -0.1) is 0 Å². The molecule has 1 aliphatic rings. The molecule has 2 nitrogen and oxygen atoms in total. The van der Waals surface area contributed by atoms with Crippen molar-refractivity contribution in [3.63, 3.8) is 0 Å². The number of amides is 1. The van der Waals surface area contributed by atoms with Crippen LogP contribution in [0.4, 0.5) is 5.69 Å². The molecule has 1 saturated heterocycles. The third-order valence-corrected chi connectivity index (χ3v) is 17.4. The SMILES string of the molecule is O=C1C(P(Br)(c2ccccc2)(c2ccccc2)c2ccccc2)CCN1c1ccccc1.